The monoisotopic (exact) mass is 557 g/mol. The number of aryl methyl sites for hydroxylation is 1. The summed E-state index contributed by atoms with van der Waals surface area (Å²) in [6.45, 7) is 8.06. The molecule has 0 radical (unpaired) electrons. The number of likely N-dealkylation sites (tertiary alicyclic amines) is 1. The number of allylic oxidation sites excluding steroid dienone is 1. The van der Waals surface area contributed by atoms with Gasteiger partial charge in [-0.15, -0.1) is 11.8 Å². The van der Waals surface area contributed by atoms with Gasteiger partial charge in [-0.25, -0.2) is 0 Å². The van der Waals surface area contributed by atoms with Crippen LogP contribution in [0.4, 0.5) is 5.69 Å². The van der Waals surface area contributed by atoms with Gasteiger partial charge in [-0.05, 0) is 93.1 Å². The first-order valence-corrected chi connectivity index (χ1v) is 14.2. The second-order valence-electron chi connectivity index (χ2n) is 9.51. The first-order valence-electron chi connectivity index (χ1n) is 12.5. The summed E-state index contributed by atoms with van der Waals surface area (Å²) in [7, 11) is 0. The van der Waals surface area contributed by atoms with Crippen LogP contribution in [-0.4, -0.2) is 28.9 Å². The fourth-order valence-corrected chi connectivity index (χ4v) is 6.29. The quantitative estimate of drug-likeness (QED) is 0.208. The van der Waals surface area contributed by atoms with E-state index in [0.717, 1.165) is 71.0 Å². The number of nitrogen functional groups attached to an aromatic ring is 1. The number of carbonyl (C=O) groups excluding carboxylic acids is 1. The van der Waals surface area contributed by atoms with Gasteiger partial charge in [-0.2, -0.15) is 0 Å². The van der Waals surface area contributed by atoms with Gasteiger partial charge >= 0.3 is 0 Å². The van der Waals surface area contributed by atoms with E-state index >= 15 is 0 Å². The van der Waals surface area contributed by atoms with Crippen molar-refractivity contribution in [2.45, 2.75) is 57.1 Å². The third-order valence-corrected chi connectivity index (χ3v) is 8.57. The van der Waals surface area contributed by atoms with Crippen molar-refractivity contribution < 1.29 is 9.08 Å². The Morgan fingerprint density at radius 1 is 1.19 bits per heavy atom. The van der Waals surface area contributed by atoms with Gasteiger partial charge in [-0.1, -0.05) is 17.7 Å². The topological polar surface area (TPSA) is 71.3 Å². The van der Waals surface area contributed by atoms with Crippen LogP contribution in [0.2, 0.25) is 5.02 Å². The molecular formula is C29H33Cl2N3O2S. The van der Waals surface area contributed by atoms with E-state index in [4.69, 9.17) is 33.5 Å². The lowest BCUT2D eigenvalue weighted by Crippen LogP contribution is -2.27. The van der Waals surface area contributed by atoms with Gasteiger partial charge < -0.3 is 19.9 Å². The van der Waals surface area contributed by atoms with Gasteiger partial charge in [0.15, 0.2) is 5.75 Å². The Bertz CT molecular complexity index is 1310. The number of nitrogens with one attached hydrogen (secondary N) is 1. The minimum atomic E-state index is 0.259. The van der Waals surface area contributed by atoms with E-state index in [1.807, 2.05) is 29.2 Å². The molecule has 0 spiro atoms. The predicted molar refractivity (Wildman–Crippen MR) is 156 cm³/mol. The fourth-order valence-electron chi connectivity index (χ4n) is 4.86. The van der Waals surface area contributed by atoms with Crippen molar-refractivity contribution in [3.05, 3.63) is 75.1 Å². The summed E-state index contributed by atoms with van der Waals surface area (Å²) in [5, 5.41) is 0.618. The number of H-pyrrole nitrogens is 1. The molecule has 1 amide bonds. The second kappa shape index (κ2) is 12.3. The van der Waals surface area contributed by atoms with Crippen LogP contribution in [0.15, 0.2) is 41.3 Å². The van der Waals surface area contributed by atoms with Crippen LogP contribution in [0.25, 0.3) is 11.6 Å². The third-order valence-electron chi connectivity index (χ3n) is 7.03. The molecule has 3 N–H and O–H groups in total. The molecule has 1 aliphatic heterocycles. The zero-order valence-electron chi connectivity index (χ0n) is 21.5. The number of benzene rings is 2. The van der Waals surface area contributed by atoms with Crippen LogP contribution < -0.4 is 10.0 Å². The highest BCUT2D eigenvalue weighted by molar-refractivity contribution is 7.98. The van der Waals surface area contributed by atoms with E-state index in [-0.39, 0.29) is 5.91 Å². The van der Waals surface area contributed by atoms with Crippen LogP contribution in [0, 0.1) is 13.8 Å². The molecule has 1 saturated heterocycles. The Balaban J connectivity index is 1.50. The summed E-state index contributed by atoms with van der Waals surface area (Å²) < 4.78 is 4.96. The number of carbonyl (C=O) groups is 1. The van der Waals surface area contributed by atoms with E-state index in [0.29, 0.717) is 22.9 Å². The SMILES string of the molecule is C/C(=C\c1[nH]c(C)c(CCC(=O)N2CCCC2)c1C)c1cc(SCc2c(Cl)cccc2OCl)ccc1N. The zero-order valence-corrected chi connectivity index (χ0v) is 23.8. The van der Waals surface area contributed by atoms with E-state index < -0.39 is 0 Å². The maximum absolute atomic E-state index is 12.5. The van der Waals surface area contributed by atoms with Gasteiger partial charge in [0.1, 0.15) is 11.9 Å². The number of amides is 1. The molecule has 196 valence electrons. The molecule has 5 nitrogen and oxygen atoms in total. The lowest BCUT2D eigenvalue weighted by Gasteiger charge is -2.15. The Labute approximate surface area is 233 Å². The van der Waals surface area contributed by atoms with Crippen molar-refractivity contribution >= 4 is 58.5 Å². The number of halogens is 2. The van der Waals surface area contributed by atoms with Crippen molar-refractivity contribution in [1.29, 1.82) is 0 Å². The number of aromatic nitrogens is 1. The molecule has 1 aliphatic rings. The van der Waals surface area contributed by atoms with E-state index in [1.54, 1.807) is 17.8 Å². The lowest BCUT2D eigenvalue weighted by atomic mass is 10.0. The summed E-state index contributed by atoms with van der Waals surface area (Å²) >= 11 is 13.6. The van der Waals surface area contributed by atoms with Crippen molar-refractivity contribution in [1.82, 2.24) is 9.88 Å². The molecule has 0 aliphatic carbocycles. The number of thioether (sulfide) groups is 1. The number of rotatable bonds is 9. The summed E-state index contributed by atoms with van der Waals surface area (Å²) in [5.74, 6) is 1.43. The molecule has 0 unspecified atom stereocenters. The van der Waals surface area contributed by atoms with E-state index in [1.165, 1.54) is 11.1 Å². The molecule has 4 rings (SSSR count). The molecule has 37 heavy (non-hydrogen) atoms. The third kappa shape index (κ3) is 6.49. The van der Waals surface area contributed by atoms with Gasteiger partial charge in [0.2, 0.25) is 5.91 Å². The van der Waals surface area contributed by atoms with Crippen LogP contribution >= 0.6 is 35.2 Å². The number of nitrogens with zero attached hydrogens (tertiary/aromatic N) is 1. The highest BCUT2D eigenvalue weighted by Gasteiger charge is 2.19. The van der Waals surface area contributed by atoms with Crippen molar-refractivity contribution in [3.63, 3.8) is 0 Å². The zero-order chi connectivity index (χ0) is 26.5. The molecular weight excluding hydrogens is 525 g/mol. The van der Waals surface area contributed by atoms with Crippen molar-refractivity contribution in [2.24, 2.45) is 0 Å². The largest absolute Gasteiger partial charge is 0.398 e. The summed E-state index contributed by atoms with van der Waals surface area (Å²) in [6, 6.07) is 11.5. The summed E-state index contributed by atoms with van der Waals surface area (Å²) in [5.41, 5.74) is 14.6. The molecule has 8 heteroatoms. The number of nitrogens with two attached hydrogens (primary N) is 1. The van der Waals surface area contributed by atoms with Crippen LogP contribution in [0.1, 0.15) is 59.8 Å². The van der Waals surface area contributed by atoms with Crippen molar-refractivity contribution in [3.8, 4) is 5.75 Å². The van der Waals surface area contributed by atoms with E-state index in [9.17, 15) is 4.79 Å². The fraction of sp³-hybridized carbons (Fsp3) is 0.345. The first kappa shape index (κ1) is 27.5. The van der Waals surface area contributed by atoms with E-state index in [2.05, 4.69) is 37.9 Å². The van der Waals surface area contributed by atoms with Gasteiger partial charge in [0.05, 0.1) is 0 Å². The number of anilines is 1. The Morgan fingerprint density at radius 2 is 1.95 bits per heavy atom. The minimum absolute atomic E-state index is 0.259. The average molecular weight is 559 g/mol. The normalized spacial score (nSPS) is 13.9. The highest BCUT2D eigenvalue weighted by atomic mass is 35.5. The Kier molecular flexibility index (Phi) is 9.17. The van der Waals surface area contributed by atoms with Crippen LogP contribution in [-0.2, 0) is 17.0 Å². The van der Waals surface area contributed by atoms with Gasteiger partial charge in [-0.3, -0.25) is 4.79 Å². The minimum Gasteiger partial charge on any atom is -0.398 e. The number of hydrogen-bond acceptors (Lipinski definition) is 4. The van der Waals surface area contributed by atoms with Crippen LogP contribution in [0.5, 0.6) is 5.75 Å². The maximum atomic E-state index is 12.5. The second-order valence-corrected chi connectivity index (χ2v) is 11.1. The first-order chi connectivity index (χ1) is 17.8. The molecule has 1 aromatic heterocycles. The molecule has 2 aromatic carbocycles. The average Bonchev–Trinajstić information content (AvgIpc) is 3.51. The van der Waals surface area contributed by atoms with Gasteiger partial charge in [0.25, 0.3) is 0 Å². The Hall–Kier alpha value is -2.54. The molecule has 0 saturated carbocycles. The van der Waals surface area contributed by atoms with Crippen LogP contribution in [0.3, 0.4) is 0 Å². The standard InChI is InChI=1S/C29H33Cl2N3O2S/c1-18(15-27-19(2)22(20(3)33-27)10-12-29(35)34-13-4-5-14-34)23-16-21(9-11-26(23)32)37-17-24-25(30)7-6-8-28(24)36-31/h6-9,11,15-16,33H,4-5,10,12-14,17,32H2,1-3H3/b18-15+. The molecule has 0 bridgehead atoms. The Morgan fingerprint density at radius 3 is 2.68 bits per heavy atom. The predicted octanol–water partition coefficient (Wildman–Crippen LogP) is 7.81. The number of hydrogen-bond donors (Lipinski definition) is 2. The number of aromatic amines is 1. The highest BCUT2D eigenvalue weighted by Crippen LogP contribution is 2.36. The molecule has 2 heterocycles. The van der Waals surface area contributed by atoms with Crippen molar-refractivity contribution in [2.75, 3.05) is 18.8 Å². The summed E-state index contributed by atoms with van der Waals surface area (Å²) in [4.78, 5) is 19.1. The maximum Gasteiger partial charge on any atom is 0.222 e. The van der Waals surface area contributed by atoms with Gasteiger partial charge in [0, 0.05) is 63.4 Å². The molecule has 1 fully saturated rings. The molecule has 3 aromatic rings. The lowest BCUT2D eigenvalue weighted by molar-refractivity contribution is -0.130. The smallest absolute Gasteiger partial charge is 0.222 e. The summed E-state index contributed by atoms with van der Waals surface area (Å²) in [6.07, 6.45) is 5.68. The molecule has 0 atom stereocenters.